The molecule has 2 aromatic heterocycles. The first-order chi connectivity index (χ1) is 12.8. The molecule has 1 saturated heterocycles. The minimum Gasteiger partial charge on any atom is -0.337 e. The van der Waals surface area contributed by atoms with E-state index >= 15 is 0 Å². The maximum atomic E-state index is 12.5. The van der Waals surface area contributed by atoms with Crippen molar-refractivity contribution in [3.05, 3.63) is 60.0 Å². The maximum Gasteiger partial charge on any atom is 0.255 e. The minimum atomic E-state index is 0.0584. The van der Waals surface area contributed by atoms with Gasteiger partial charge in [-0.1, -0.05) is 18.2 Å². The molecule has 6 heteroatoms. The zero-order valence-corrected chi connectivity index (χ0v) is 14.9. The van der Waals surface area contributed by atoms with E-state index in [1.54, 1.807) is 18.5 Å². The smallest absolute Gasteiger partial charge is 0.255 e. The highest BCUT2D eigenvalue weighted by atomic mass is 16.2. The van der Waals surface area contributed by atoms with Gasteiger partial charge in [0.1, 0.15) is 0 Å². The number of aromatic nitrogens is 3. The summed E-state index contributed by atoms with van der Waals surface area (Å²) in [6.45, 7) is 5.18. The molecular formula is C20H23N5O. The number of nitrogens with zero attached hydrogens (tertiary/aromatic N) is 4. The van der Waals surface area contributed by atoms with Crippen LogP contribution in [-0.4, -0.2) is 44.7 Å². The van der Waals surface area contributed by atoms with E-state index in [0.717, 1.165) is 31.7 Å². The van der Waals surface area contributed by atoms with Crippen molar-refractivity contribution in [2.45, 2.75) is 32.5 Å². The topological polar surface area (TPSA) is 63.1 Å². The van der Waals surface area contributed by atoms with Crippen molar-refractivity contribution in [1.82, 2.24) is 25.0 Å². The fourth-order valence-corrected chi connectivity index (χ4v) is 3.59. The van der Waals surface area contributed by atoms with Crippen LogP contribution in [0, 0.1) is 0 Å². The SMILES string of the molecule is CCn1nc(CNC2CCN(C(=O)c3cccnc3)C2)c2ccccc21. The van der Waals surface area contributed by atoms with Crippen molar-refractivity contribution >= 4 is 16.8 Å². The van der Waals surface area contributed by atoms with Crippen LogP contribution < -0.4 is 5.32 Å². The molecule has 1 aliphatic rings. The van der Waals surface area contributed by atoms with Crippen molar-refractivity contribution < 1.29 is 4.79 Å². The Bertz CT molecular complexity index is 905. The highest BCUT2D eigenvalue weighted by Crippen LogP contribution is 2.19. The molecule has 1 aromatic carbocycles. The molecule has 0 radical (unpaired) electrons. The predicted molar refractivity (Wildman–Crippen MR) is 101 cm³/mol. The zero-order valence-electron chi connectivity index (χ0n) is 14.9. The largest absolute Gasteiger partial charge is 0.337 e. The summed E-state index contributed by atoms with van der Waals surface area (Å²) in [6, 6.07) is 12.2. The number of likely N-dealkylation sites (tertiary alicyclic amines) is 1. The van der Waals surface area contributed by atoms with Crippen LogP contribution in [0.1, 0.15) is 29.4 Å². The minimum absolute atomic E-state index is 0.0584. The first kappa shape index (κ1) is 16.7. The summed E-state index contributed by atoms with van der Waals surface area (Å²) < 4.78 is 2.04. The summed E-state index contributed by atoms with van der Waals surface area (Å²) in [6.07, 6.45) is 4.27. The van der Waals surface area contributed by atoms with Gasteiger partial charge in [-0.2, -0.15) is 5.10 Å². The van der Waals surface area contributed by atoms with E-state index in [-0.39, 0.29) is 5.91 Å². The average Bonchev–Trinajstić information content (AvgIpc) is 3.31. The van der Waals surface area contributed by atoms with Crippen LogP contribution in [0.4, 0.5) is 0 Å². The van der Waals surface area contributed by atoms with Crippen molar-refractivity contribution in [2.75, 3.05) is 13.1 Å². The number of pyridine rings is 1. The van der Waals surface area contributed by atoms with E-state index in [9.17, 15) is 4.79 Å². The molecule has 4 rings (SSSR count). The van der Waals surface area contributed by atoms with Crippen LogP contribution in [0.2, 0.25) is 0 Å². The van der Waals surface area contributed by atoms with Gasteiger partial charge in [-0.15, -0.1) is 0 Å². The first-order valence-corrected chi connectivity index (χ1v) is 9.13. The number of hydrogen-bond donors (Lipinski definition) is 1. The Morgan fingerprint density at radius 3 is 2.96 bits per heavy atom. The summed E-state index contributed by atoms with van der Waals surface area (Å²) in [5.41, 5.74) is 2.90. The Kier molecular flexibility index (Phi) is 4.67. The molecule has 1 atom stereocenters. The van der Waals surface area contributed by atoms with Gasteiger partial charge < -0.3 is 10.2 Å². The third-order valence-corrected chi connectivity index (χ3v) is 4.98. The third-order valence-electron chi connectivity index (χ3n) is 4.98. The second-order valence-electron chi connectivity index (χ2n) is 6.64. The molecule has 6 nitrogen and oxygen atoms in total. The van der Waals surface area contributed by atoms with Crippen LogP contribution in [0.15, 0.2) is 48.8 Å². The van der Waals surface area contributed by atoms with E-state index in [1.165, 1.54) is 10.9 Å². The lowest BCUT2D eigenvalue weighted by Crippen LogP contribution is -2.35. The Labute approximate surface area is 152 Å². The summed E-state index contributed by atoms with van der Waals surface area (Å²) in [7, 11) is 0. The fourth-order valence-electron chi connectivity index (χ4n) is 3.59. The average molecular weight is 349 g/mol. The van der Waals surface area contributed by atoms with Gasteiger partial charge in [0.15, 0.2) is 0 Å². The predicted octanol–water partition coefficient (Wildman–Crippen LogP) is 2.46. The molecule has 1 unspecified atom stereocenters. The molecular weight excluding hydrogens is 326 g/mol. The number of para-hydroxylation sites is 1. The number of amides is 1. The van der Waals surface area contributed by atoms with Gasteiger partial charge in [0, 0.05) is 50.0 Å². The molecule has 26 heavy (non-hydrogen) atoms. The molecule has 1 N–H and O–H groups in total. The number of carbonyl (C=O) groups is 1. The Morgan fingerprint density at radius 2 is 2.15 bits per heavy atom. The normalized spacial score (nSPS) is 17.1. The first-order valence-electron chi connectivity index (χ1n) is 9.13. The number of benzene rings is 1. The van der Waals surface area contributed by atoms with Crippen molar-refractivity contribution in [3.8, 4) is 0 Å². The van der Waals surface area contributed by atoms with E-state index in [1.807, 2.05) is 21.7 Å². The Hall–Kier alpha value is -2.73. The summed E-state index contributed by atoms with van der Waals surface area (Å²) >= 11 is 0. The van der Waals surface area contributed by atoms with E-state index in [4.69, 9.17) is 5.10 Å². The Balaban J connectivity index is 1.40. The van der Waals surface area contributed by atoms with Gasteiger partial charge in [0.05, 0.1) is 16.8 Å². The molecule has 1 fully saturated rings. The van der Waals surface area contributed by atoms with E-state index in [2.05, 4.69) is 35.4 Å². The quantitative estimate of drug-likeness (QED) is 0.769. The summed E-state index contributed by atoms with van der Waals surface area (Å²) in [5, 5.41) is 9.51. The summed E-state index contributed by atoms with van der Waals surface area (Å²) in [5.74, 6) is 0.0584. The zero-order chi connectivity index (χ0) is 17.9. The van der Waals surface area contributed by atoms with Crippen LogP contribution in [-0.2, 0) is 13.1 Å². The molecule has 1 amide bonds. The highest BCUT2D eigenvalue weighted by molar-refractivity contribution is 5.94. The van der Waals surface area contributed by atoms with Crippen LogP contribution >= 0.6 is 0 Å². The maximum absolute atomic E-state index is 12.5. The highest BCUT2D eigenvalue weighted by Gasteiger charge is 2.27. The van der Waals surface area contributed by atoms with Gasteiger partial charge >= 0.3 is 0 Å². The number of rotatable bonds is 5. The lowest BCUT2D eigenvalue weighted by molar-refractivity contribution is 0.0789. The molecule has 0 bridgehead atoms. The number of nitrogens with one attached hydrogen (secondary N) is 1. The lowest BCUT2D eigenvalue weighted by Gasteiger charge is -2.16. The third kappa shape index (κ3) is 3.20. The fraction of sp³-hybridized carbons (Fsp3) is 0.350. The van der Waals surface area contributed by atoms with Crippen LogP contribution in [0.25, 0.3) is 10.9 Å². The van der Waals surface area contributed by atoms with Crippen LogP contribution in [0.5, 0.6) is 0 Å². The number of hydrogen-bond acceptors (Lipinski definition) is 4. The molecule has 0 spiro atoms. The molecule has 0 aliphatic carbocycles. The van der Waals surface area contributed by atoms with Gasteiger partial charge in [-0.25, -0.2) is 0 Å². The molecule has 1 aliphatic heterocycles. The molecule has 3 aromatic rings. The van der Waals surface area contributed by atoms with Crippen molar-refractivity contribution in [1.29, 1.82) is 0 Å². The molecule has 3 heterocycles. The number of aryl methyl sites for hydroxylation is 1. The monoisotopic (exact) mass is 349 g/mol. The lowest BCUT2D eigenvalue weighted by atomic mass is 10.2. The standard InChI is InChI=1S/C20H23N5O/c1-2-25-19-8-4-3-7-17(19)18(23-25)13-22-16-9-11-24(14-16)20(26)15-6-5-10-21-12-15/h3-8,10,12,16,22H,2,9,11,13-14H2,1H3. The van der Waals surface area contributed by atoms with Gasteiger partial charge in [0.2, 0.25) is 0 Å². The molecule has 134 valence electrons. The van der Waals surface area contributed by atoms with Crippen LogP contribution in [0.3, 0.4) is 0 Å². The second-order valence-corrected chi connectivity index (χ2v) is 6.64. The second kappa shape index (κ2) is 7.25. The Morgan fingerprint density at radius 1 is 1.27 bits per heavy atom. The summed E-state index contributed by atoms with van der Waals surface area (Å²) in [4.78, 5) is 18.5. The van der Waals surface area contributed by atoms with Gasteiger partial charge in [-0.05, 0) is 31.5 Å². The molecule has 0 saturated carbocycles. The number of carbonyl (C=O) groups excluding carboxylic acids is 1. The number of fused-ring (bicyclic) bond motifs is 1. The van der Waals surface area contributed by atoms with Crippen molar-refractivity contribution in [2.24, 2.45) is 0 Å². The van der Waals surface area contributed by atoms with E-state index in [0.29, 0.717) is 18.2 Å². The van der Waals surface area contributed by atoms with Gasteiger partial charge in [0.25, 0.3) is 5.91 Å². The van der Waals surface area contributed by atoms with Crippen molar-refractivity contribution in [3.63, 3.8) is 0 Å². The van der Waals surface area contributed by atoms with Gasteiger partial charge in [-0.3, -0.25) is 14.5 Å². The van der Waals surface area contributed by atoms with E-state index < -0.39 is 0 Å².